The Labute approximate surface area is 168 Å². The van der Waals surface area contributed by atoms with Gasteiger partial charge in [0.25, 0.3) is 11.8 Å². The number of fused-ring (bicyclic) bond motifs is 1. The van der Waals surface area contributed by atoms with Gasteiger partial charge in [-0.15, -0.1) is 0 Å². The van der Waals surface area contributed by atoms with Crippen LogP contribution >= 0.6 is 0 Å². The summed E-state index contributed by atoms with van der Waals surface area (Å²) in [6.07, 6.45) is -0.292. The van der Waals surface area contributed by atoms with Crippen molar-refractivity contribution in [1.29, 1.82) is 0 Å². The smallest absolute Gasteiger partial charge is 0.255 e. The van der Waals surface area contributed by atoms with Crippen LogP contribution in [0, 0.1) is 0 Å². The summed E-state index contributed by atoms with van der Waals surface area (Å²) in [6, 6.07) is 23.2. The maximum atomic E-state index is 12.7. The van der Waals surface area contributed by atoms with Gasteiger partial charge < -0.3 is 20.1 Å². The number of ether oxygens (including phenoxy) is 2. The first-order chi connectivity index (χ1) is 14.2. The monoisotopic (exact) mass is 388 g/mol. The SMILES string of the molecule is O=C(Nc1ccccc1C(=O)NCC1COc2ccccc2O1)c1ccccc1. The third-order valence-electron chi connectivity index (χ3n) is 4.51. The molecule has 0 aromatic heterocycles. The summed E-state index contributed by atoms with van der Waals surface area (Å²) in [5.41, 5.74) is 1.35. The lowest BCUT2D eigenvalue weighted by atomic mass is 10.1. The van der Waals surface area contributed by atoms with Crippen LogP contribution in [0.4, 0.5) is 5.69 Å². The fourth-order valence-corrected chi connectivity index (χ4v) is 3.04. The third-order valence-corrected chi connectivity index (χ3v) is 4.51. The number of rotatable bonds is 5. The van der Waals surface area contributed by atoms with Crippen molar-refractivity contribution in [3.05, 3.63) is 90.0 Å². The van der Waals surface area contributed by atoms with Crippen molar-refractivity contribution >= 4 is 17.5 Å². The minimum absolute atomic E-state index is 0.272. The molecule has 1 aliphatic rings. The topological polar surface area (TPSA) is 76.7 Å². The number of hydrogen-bond donors (Lipinski definition) is 2. The van der Waals surface area contributed by atoms with E-state index in [-0.39, 0.29) is 24.5 Å². The molecule has 0 aliphatic carbocycles. The molecule has 0 saturated heterocycles. The molecule has 1 heterocycles. The van der Waals surface area contributed by atoms with Crippen molar-refractivity contribution < 1.29 is 19.1 Å². The highest BCUT2D eigenvalue weighted by molar-refractivity contribution is 6.08. The molecule has 0 fully saturated rings. The van der Waals surface area contributed by atoms with Gasteiger partial charge in [-0.05, 0) is 36.4 Å². The van der Waals surface area contributed by atoms with Crippen molar-refractivity contribution in [3.8, 4) is 11.5 Å². The first kappa shape index (κ1) is 18.6. The first-order valence-corrected chi connectivity index (χ1v) is 9.33. The average Bonchev–Trinajstić information content (AvgIpc) is 2.78. The summed E-state index contributed by atoms with van der Waals surface area (Å²) in [6.45, 7) is 0.637. The summed E-state index contributed by atoms with van der Waals surface area (Å²) < 4.78 is 11.5. The molecular weight excluding hydrogens is 368 g/mol. The van der Waals surface area contributed by atoms with Gasteiger partial charge in [-0.3, -0.25) is 9.59 Å². The summed E-state index contributed by atoms with van der Waals surface area (Å²) in [4.78, 5) is 25.1. The summed E-state index contributed by atoms with van der Waals surface area (Å²) in [7, 11) is 0. The van der Waals surface area contributed by atoms with Crippen molar-refractivity contribution in [3.63, 3.8) is 0 Å². The Balaban J connectivity index is 1.40. The third kappa shape index (κ3) is 4.38. The first-order valence-electron chi connectivity index (χ1n) is 9.33. The number of anilines is 1. The molecule has 2 N–H and O–H groups in total. The predicted octanol–water partition coefficient (Wildman–Crippen LogP) is 3.51. The Bertz CT molecular complexity index is 1020. The van der Waals surface area contributed by atoms with Crippen molar-refractivity contribution in [2.75, 3.05) is 18.5 Å². The molecule has 3 aromatic carbocycles. The molecule has 6 nitrogen and oxygen atoms in total. The van der Waals surface area contributed by atoms with Crippen molar-refractivity contribution in [2.24, 2.45) is 0 Å². The van der Waals surface area contributed by atoms with Gasteiger partial charge >= 0.3 is 0 Å². The van der Waals surface area contributed by atoms with Crippen LogP contribution in [0.2, 0.25) is 0 Å². The minimum atomic E-state index is -0.295. The standard InChI is InChI=1S/C23H20N2O4/c26-22(16-8-2-1-3-9-16)25-19-11-5-4-10-18(19)23(27)24-14-17-15-28-20-12-6-7-13-21(20)29-17/h1-13,17H,14-15H2,(H,24,27)(H,25,26). The van der Waals surface area contributed by atoms with Gasteiger partial charge in [0.15, 0.2) is 11.5 Å². The number of hydrogen-bond acceptors (Lipinski definition) is 4. The van der Waals surface area contributed by atoms with Crippen molar-refractivity contribution in [1.82, 2.24) is 5.32 Å². The summed E-state index contributed by atoms with van der Waals surface area (Å²) in [5.74, 6) is 0.792. The summed E-state index contributed by atoms with van der Waals surface area (Å²) >= 11 is 0. The average molecular weight is 388 g/mol. The number of para-hydroxylation sites is 3. The molecule has 0 spiro atoms. The van der Waals surface area contributed by atoms with Crippen LogP contribution in [0.15, 0.2) is 78.9 Å². The highest BCUT2D eigenvalue weighted by Crippen LogP contribution is 2.30. The van der Waals surface area contributed by atoms with E-state index in [1.165, 1.54) is 0 Å². The number of carbonyl (C=O) groups excluding carboxylic acids is 2. The highest BCUT2D eigenvalue weighted by Gasteiger charge is 2.22. The van der Waals surface area contributed by atoms with Crippen LogP contribution in [-0.4, -0.2) is 31.1 Å². The van der Waals surface area contributed by atoms with Crippen LogP contribution in [0.25, 0.3) is 0 Å². The molecule has 29 heavy (non-hydrogen) atoms. The molecule has 3 aromatic rings. The van der Waals surface area contributed by atoms with Crippen LogP contribution in [-0.2, 0) is 0 Å². The number of benzene rings is 3. The van der Waals surface area contributed by atoms with Gasteiger partial charge in [-0.25, -0.2) is 0 Å². The van der Waals surface area contributed by atoms with Crippen LogP contribution in [0.3, 0.4) is 0 Å². The molecule has 1 aliphatic heterocycles. The van der Waals surface area contributed by atoms with E-state index in [1.807, 2.05) is 30.3 Å². The van der Waals surface area contributed by atoms with Gasteiger partial charge in [-0.1, -0.05) is 42.5 Å². The number of carbonyl (C=O) groups is 2. The zero-order valence-electron chi connectivity index (χ0n) is 15.6. The van der Waals surface area contributed by atoms with E-state index in [2.05, 4.69) is 10.6 Å². The lowest BCUT2D eigenvalue weighted by molar-refractivity contribution is 0.0789. The fourth-order valence-electron chi connectivity index (χ4n) is 3.04. The molecule has 0 saturated carbocycles. The lowest BCUT2D eigenvalue weighted by Gasteiger charge is -2.26. The van der Waals surface area contributed by atoms with Gasteiger partial charge in [0.05, 0.1) is 17.8 Å². The van der Waals surface area contributed by atoms with Crippen molar-refractivity contribution in [2.45, 2.75) is 6.10 Å². The molecule has 1 atom stereocenters. The van der Waals surface area contributed by atoms with E-state index in [4.69, 9.17) is 9.47 Å². The molecule has 4 rings (SSSR count). The molecule has 0 radical (unpaired) electrons. The largest absolute Gasteiger partial charge is 0.486 e. The van der Waals surface area contributed by atoms with Gasteiger partial charge in [0.2, 0.25) is 0 Å². The second-order valence-electron chi connectivity index (χ2n) is 6.57. The zero-order valence-corrected chi connectivity index (χ0v) is 15.6. The molecule has 1 unspecified atom stereocenters. The Morgan fingerprint density at radius 3 is 2.34 bits per heavy atom. The van der Waals surface area contributed by atoms with Crippen LogP contribution < -0.4 is 20.1 Å². The van der Waals surface area contributed by atoms with Crippen LogP contribution in [0.1, 0.15) is 20.7 Å². The Morgan fingerprint density at radius 2 is 1.52 bits per heavy atom. The Hall–Kier alpha value is -3.80. The number of nitrogens with one attached hydrogen (secondary N) is 2. The van der Waals surface area contributed by atoms with E-state index in [0.29, 0.717) is 34.9 Å². The second kappa shape index (κ2) is 8.48. The molecule has 146 valence electrons. The minimum Gasteiger partial charge on any atom is -0.486 e. The Morgan fingerprint density at radius 1 is 0.828 bits per heavy atom. The van der Waals surface area contributed by atoms with E-state index in [0.717, 1.165) is 0 Å². The van der Waals surface area contributed by atoms with E-state index < -0.39 is 0 Å². The highest BCUT2D eigenvalue weighted by atomic mass is 16.6. The fraction of sp³-hybridized carbons (Fsp3) is 0.130. The molecule has 2 amide bonds. The second-order valence-corrected chi connectivity index (χ2v) is 6.57. The Kier molecular flexibility index (Phi) is 5.42. The maximum absolute atomic E-state index is 12.7. The maximum Gasteiger partial charge on any atom is 0.255 e. The van der Waals surface area contributed by atoms with E-state index >= 15 is 0 Å². The number of amides is 2. The van der Waals surface area contributed by atoms with Gasteiger partial charge in [0.1, 0.15) is 12.7 Å². The molecule has 0 bridgehead atoms. The normalized spacial score (nSPS) is 14.7. The van der Waals surface area contributed by atoms with Crippen LogP contribution in [0.5, 0.6) is 11.5 Å². The zero-order chi connectivity index (χ0) is 20.1. The van der Waals surface area contributed by atoms with E-state index in [1.54, 1.807) is 48.5 Å². The molecular formula is C23H20N2O4. The van der Waals surface area contributed by atoms with Gasteiger partial charge in [0, 0.05) is 5.56 Å². The quantitative estimate of drug-likeness (QED) is 0.701. The lowest BCUT2D eigenvalue weighted by Crippen LogP contribution is -2.40. The molecule has 6 heteroatoms. The van der Waals surface area contributed by atoms with E-state index in [9.17, 15) is 9.59 Å². The summed E-state index contributed by atoms with van der Waals surface area (Å²) in [5, 5.41) is 5.66. The van der Waals surface area contributed by atoms with Gasteiger partial charge in [-0.2, -0.15) is 0 Å². The predicted molar refractivity (Wildman–Crippen MR) is 110 cm³/mol.